The van der Waals surface area contributed by atoms with E-state index in [1.807, 2.05) is 84.9 Å². The Morgan fingerprint density at radius 3 is 1.58 bits per heavy atom. The van der Waals surface area contributed by atoms with E-state index in [1.165, 1.54) is 25.8 Å². The minimum Gasteiger partial charge on any atom is -0.467 e. The van der Waals surface area contributed by atoms with Gasteiger partial charge in [-0.1, -0.05) is 121 Å². The van der Waals surface area contributed by atoms with Crippen LogP contribution in [0.3, 0.4) is 0 Å². The van der Waals surface area contributed by atoms with Gasteiger partial charge in [-0.05, 0) is 22.3 Å². The van der Waals surface area contributed by atoms with E-state index in [4.69, 9.17) is 4.74 Å². The van der Waals surface area contributed by atoms with Crippen LogP contribution in [-0.2, 0) is 29.6 Å². The standard InChI is InChI=1S/C35H36N2O4S2/c1-26(38)36-31(24-42-23-27-15-7-3-8-16-27)33(39)37-32(34(40)41-2)25-43-35(28-17-9-4-10-18-28,29-19-11-5-12-20-29)30-21-13-6-14-22-30/h3-22,31-32H,23-25H2,1-2H3,(H,36,38)(H,37,39)/t31-,32+/m1/s1. The van der Waals surface area contributed by atoms with E-state index >= 15 is 0 Å². The number of rotatable bonds is 14. The normalized spacial score (nSPS) is 12.5. The van der Waals surface area contributed by atoms with Gasteiger partial charge in [0.1, 0.15) is 12.1 Å². The highest BCUT2D eigenvalue weighted by molar-refractivity contribution is 8.00. The highest BCUT2D eigenvalue weighted by Crippen LogP contribution is 2.48. The molecule has 0 unspecified atom stereocenters. The summed E-state index contributed by atoms with van der Waals surface area (Å²) >= 11 is 3.09. The molecule has 2 amide bonds. The maximum absolute atomic E-state index is 13.5. The van der Waals surface area contributed by atoms with Crippen molar-refractivity contribution in [2.75, 3.05) is 18.6 Å². The van der Waals surface area contributed by atoms with Crippen LogP contribution in [0.15, 0.2) is 121 Å². The zero-order valence-electron chi connectivity index (χ0n) is 24.3. The summed E-state index contributed by atoms with van der Waals surface area (Å²) in [6.07, 6.45) is 0. The van der Waals surface area contributed by atoms with Crippen molar-refractivity contribution < 1.29 is 19.1 Å². The van der Waals surface area contributed by atoms with Crippen molar-refractivity contribution in [2.45, 2.75) is 29.5 Å². The number of hydrogen-bond acceptors (Lipinski definition) is 6. The molecule has 43 heavy (non-hydrogen) atoms. The van der Waals surface area contributed by atoms with Crippen molar-refractivity contribution in [3.8, 4) is 0 Å². The molecule has 8 heteroatoms. The van der Waals surface area contributed by atoms with Gasteiger partial charge in [-0.3, -0.25) is 9.59 Å². The molecule has 0 aromatic heterocycles. The van der Waals surface area contributed by atoms with Crippen molar-refractivity contribution in [1.82, 2.24) is 10.6 Å². The third kappa shape index (κ3) is 8.52. The SMILES string of the molecule is COC(=O)[C@H](CSC(c1ccccc1)(c1ccccc1)c1ccccc1)NC(=O)[C@@H](CSCc1ccccc1)NC(C)=O. The zero-order valence-corrected chi connectivity index (χ0v) is 25.9. The summed E-state index contributed by atoms with van der Waals surface area (Å²) in [6, 6.07) is 38.6. The lowest BCUT2D eigenvalue weighted by Crippen LogP contribution is -2.53. The van der Waals surface area contributed by atoms with E-state index in [0.29, 0.717) is 11.5 Å². The van der Waals surface area contributed by atoms with E-state index in [1.54, 1.807) is 11.8 Å². The Labute approximate surface area is 262 Å². The minimum atomic E-state index is -0.951. The number of carbonyl (C=O) groups excluding carboxylic acids is 3. The Bertz CT molecular complexity index is 1360. The number of ether oxygens (including phenoxy) is 1. The van der Waals surface area contributed by atoms with Gasteiger partial charge in [0.05, 0.1) is 11.9 Å². The predicted molar refractivity (Wildman–Crippen MR) is 176 cm³/mol. The van der Waals surface area contributed by atoms with Gasteiger partial charge < -0.3 is 15.4 Å². The zero-order chi connectivity index (χ0) is 30.5. The molecule has 0 aliphatic carbocycles. The Balaban J connectivity index is 1.60. The molecule has 0 bridgehead atoms. The number of esters is 1. The van der Waals surface area contributed by atoms with Crippen LogP contribution in [0.1, 0.15) is 29.2 Å². The summed E-state index contributed by atoms with van der Waals surface area (Å²) in [7, 11) is 1.31. The number of carbonyl (C=O) groups is 3. The van der Waals surface area contributed by atoms with E-state index in [9.17, 15) is 14.4 Å². The number of benzene rings is 4. The van der Waals surface area contributed by atoms with Gasteiger partial charge >= 0.3 is 5.97 Å². The third-order valence-electron chi connectivity index (χ3n) is 6.90. The highest BCUT2D eigenvalue weighted by Gasteiger charge is 2.39. The fourth-order valence-electron chi connectivity index (χ4n) is 4.86. The average molecular weight is 613 g/mol. The molecule has 0 fully saturated rings. The van der Waals surface area contributed by atoms with E-state index in [2.05, 4.69) is 47.0 Å². The lowest BCUT2D eigenvalue weighted by Gasteiger charge is -2.36. The number of hydrogen-bond donors (Lipinski definition) is 2. The molecular weight excluding hydrogens is 577 g/mol. The maximum Gasteiger partial charge on any atom is 0.329 e. The van der Waals surface area contributed by atoms with E-state index < -0.39 is 28.7 Å². The van der Waals surface area contributed by atoms with Gasteiger partial charge in [-0.2, -0.15) is 11.8 Å². The summed E-state index contributed by atoms with van der Waals surface area (Å²) in [6.45, 7) is 1.38. The van der Waals surface area contributed by atoms with Crippen molar-refractivity contribution in [3.63, 3.8) is 0 Å². The fraction of sp³-hybridized carbons (Fsp3) is 0.229. The number of amides is 2. The van der Waals surface area contributed by atoms with E-state index in [0.717, 1.165) is 22.3 Å². The minimum absolute atomic E-state index is 0.223. The van der Waals surface area contributed by atoms with Crippen LogP contribution in [0.4, 0.5) is 0 Å². The molecule has 0 saturated heterocycles. The topological polar surface area (TPSA) is 84.5 Å². The van der Waals surface area contributed by atoms with Gasteiger partial charge in [-0.25, -0.2) is 4.79 Å². The third-order valence-corrected chi connectivity index (χ3v) is 9.65. The summed E-state index contributed by atoms with van der Waals surface area (Å²) in [4.78, 5) is 38.6. The highest BCUT2D eigenvalue weighted by atomic mass is 32.2. The molecule has 0 aliphatic heterocycles. The van der Waals surface area contributed by atoms with Gasteiger partial charge in [0.2, 0.25) is 11.8 Å². The molecule has 0 heterocycles. The second-order valence-corrected chi connectivity index (χ2v) is 12.2. The second-order valence-electron chi connectivity index (χ2n) is 9.93. The maximum atomic E-state index is 13.5. The summed E-state index contributed by atoms with van der Waals surface area (Å²) in [5.41, 5.74) is 4.25. The number of methoxy groups -OCH3 is 1. The molecule has 2 N–H and O–H groups in total. The van der Waals surface area contributed by atoms with Crippen molar-refractivity contribution in [2.24, 2.45) is 0 Å². The van der Waals surface area contributed by atoms with Crippen molar-refractivity contribution in [1.29, 1.82) is 0 Å². The number of thioether (sulfide) groups is 2. The lowest BCUT2D eigenvalue weighted by atomic mass is 9.84. The first-order chi connectivity index (χ1) is 20.9. The van der Waals surface area contributed by atoms with Gasteiger partial charge in [0, 0.05) is 24.2 Å². The van der Waals surface area contributed by atoms with Crippen LogP contribution in [0, 0.1) is 0 Å². The molecule has 222 valence electrons. The Kier molecular flexibility index (Phi) is 11.9. The lowest BCUT2D eigenvalue weighted by molar-refractivity contribution is -0.144. The Morgan fingerprint density at radius 1 is 0.674 bits per heavy atom. The Hall–Kier alpha value is -4.01. The van der Waals surface area contributed by atoms with Crippen LogP contribution in [0.25, 0.3) is 0 Å². The van der Waals surface area contributed by atoms with Crippen molar-refractivity contribution in [3.05, 3.63) is 144 Å². The van der Waals surface area contributed by atoms with Gasteiger partial charge in [-0.15, -0.1) is 11.8 Å². The predicted octanol–water partition coefficient (Wildman–Crippen LogP) is 5.81. The average Bonchev–Trinajstić information content (AvgIpc) is 3.05. The van der Waals surface area contributed by atoms with Crippen LogP contribution < -0.4 is 10.6 Å². The largest absolute Gasteiger partial charge is 0.467 e. The summed E-state index contributed by atoms with van der Waals surface area (Å²) in [5, 5.41) is 5.63. The molecule has 0 saturated carbocycles. The molecule has 6 nitrogen and oxygen atoms in total. The van der Waals surface area contributed by atoms with Gasteiger partial charge in [0.15, 0.2) is 0 Å². The van der Waals surface area contributed by atoms with Crippen molar-refractivity contribution >= 4 is 41.3 Å². The van der Waals surface area contributed by atoms with Crippen LogP contribution in [0.2, 0.25) is 0 Å². The molecular formula is C35H36N2O4S2. The smallest absolute Gasteiger partial charge is 0.329 e. The molecule has 0 spiro atoms. The quantitative estimate of drug-likeness (QED) is 0.138. The molecule has 0 aliphatic rings. The second kappa shape index (κ2) is 16.0. The molecule has 4 aromatic carbocycles. The molecule has 4 aromatic rings. The summed E-state index contributed by atoms with van der Waals surface area (Å²) in [5.74, 6) is -0.0434. The number of nitrogens with one attached hydrogen (secondary N) is 2. The Morgan fingerprint density at radius 2 is 1.14 bits per heavy atom. The first kappa shape index (κ1) is 31.9. The van der Waals surface area contributed by atoms with Crippen LogP contribution in [0.5, 0.6) is 0 Å². The van der Waals surface area contributed by atoms with Crippen LogP contribution in [-0.4, -0.2) is 48.5 Å². The first-order valence-corrected chi connectivity index (χ1v) is 16.2. The van der Waals surface area contributed by atoms with E-state index in [-0.39, 0.29) is 11.7 Å². The molecule has 2 atom stereocenters. The fourth-order valence-corrected chi connectivity index (χ4v) is 7.42. The van der Waals surface area contributed by atoms with Crippen LogP contribution >= 0.6 is 23.5 Å². The first-order valence-electron chi connectivity index (χ1n) is 14.0. The molecule has 0 radical (unpaired) electrons. The monoisotopic (exact) mass is 612 g/mol. The van der Waals surface area contributed by atoms with Gasteiger partial charge in [0.25, 0.3) is 0 Å². The molecule has 4 rings (SSSR count). The summed E-state index contributed by atoms with van der Waals surface area (Å²) < 4.78 is 4.46.